The molecule has 0 saturated heterocycles. The van der Waals surface area contributed by atoms with E-state index in [2.05, 4.69) is 12.1 Å². The first kappa shape index (κ1) is 16.6. The van der Waals surface area contributed by atoms with Crippen LogP contribution in [0.25, 0.3) is 0 Å². The van der Waals surface area contributed by atoms with Crippen molar-refractivity contribution in [3.05, 3.63) is 66.0 Å². The van der Waals surface area contributed by atoms with Crippen LogP contribution < -0.4 is 4.57 Å². The van der Waals surface area contributed by atoms with Crippen molar-refractivity contribution in [3.8, 4) is 0 Å². The highest BCUT2D eigenvalue weighted by molar-refractivity contribution is 7.85. The van der Waals surface area contributed by atoms with Gasteiger partial charge in [-0.25, -0.2) is 8.42 Å². The van der Waals surface area contributed by atoms with Gasteiger partial charge in [-0.2, -0.15) is 4.57 Å². The van der Waals surface area contributed by atoms with Crippen molar-refractivity contribution in [3.63, 3.8) is 0 Å². The van der Waals surface area contributed by atoms with Crippen LogP contribution in [-0.2, 0) is 23.0 Å². The molecule has 0 amide bonds. The summed E-state index contributed by atoms with van der Waals surface area (Å²) in [5.74, 6) is 0. The molecule has 1 unspecified atom stereocenters. The lowest BCUT2D eigenvalue weighted by atomic mass is 10.1. The van der Waals surface area contributed by atoms with E-state index in [9.17, 15) is 13.0 Å². The first-order valence-corrected chi connectivity index (χ1v) is 8.96. The molecule has 0 aliphatic heterocycles. The summed E-state index contributed by atoms with van der Waals surface area (Å²) in [5, 5.41) is -1.02. The lowest BCUT2D eigenvalue weighted by Crippen LogP contribution is -2.42. The minimum atomic E-state index is -4.32. The average molecular weight is 319 g/mol. The number of benzene rings is 1. The monoisotopic (exact) mass is 319 g/mol. The molecule has 2 rings (SSSR count). The number of nitrogens with zero attached hydrogens (tertiary/aromatic N) is 1. The van der Waals surface area contributed by atoms with E-state index in [0.717, 1.165) is 24.8 Å². The summed E-state index contributed by atoms with van der Waals surface area (Å²) in [5.41, 5.74) is 2.46. The Morgan fingerprint density at radius 2 is 1.55 bits per heavy atom. The van der Waals surface area contributed by atoms with E-state index < -0.39 is 15.5 Å². The SMILES string of the molecule is CCC([n+]1ccc(CCCc2ccccc2)cc1)S(=O)(=O)[O-]. The van der Waals surface area contributed by atoms with Gasteiger partial charge < -0.3 is 4.55 Å². The van der Waals surface area contributed by atoms with E-state index in [1.54, 1.807) is 19.3 Å². The third kappa shape index (κ3) is 4.64. The number of aryl methyl sites for hydroxylation is 2. The summed E-state index contributed by atoms with van der Waals surface area (Å²) < 4.78 is 35.1. The predicted molar refractivity (Wildman–Crippen MR) is 84.1 cm³/mol. The van der Waals surface area contributed by atoms with Crippen LogP contribution in [0.5, 0.6) is 0 Å². The maximum absolute atomic E-state index is 11.2. The Kier molecular flexibility index (Phi) is 5.69. The Morgan fingerprint density at radius 3 is 2.05 bits per heavy atom. The van der Waals surface area contributed by atoms with Gasteiger partial charge in [0.25, 0.3) is 0 Å². The maximum atomic E-state index is 11.2. The van der Waals surface area contributed by atoms with Crippen LogP contribution in [-0.4, -0.2) is 13.0 Å². The molecule has 0 N–H and O–H groups in total. The van der Waals surface area contributed by atoms with Gasteiger partial charge in [-0.05, 0) is 30.4 Å². The highest BCUT2D eigenvalue weighted by Gasteiger charge is 2.23. The highest BCUT2D eigenvalue weighted by atomic mass is 32.2. The number of hydrogen-bond acceptors (Lipinski definition) is 3. The van der Waals surface area contributed by atoms with Gasteiger partial charge in [0, 0.05) is 18.6 Å². The summed E-state index contributed by atoms with van der Waals surface area (Å²) in [6, 6.07) is 14.1. The second-order valence-corrected chi connectivity index (χ2v) is 6.88. The molecule has 0 bridgehead atoms. The van der Waals surface area contributed by atoms with Crippen molar-refractivity contribution in [2.45, 2.75) is 38.0 Å². The molecule has 0 spiro atoms. The second kappa shape index (κ2) is 7.51. The highest BCUT2D eigenvalue weighted by Crippen LogP contribution is 2.11. The van der Waals surface area contributed by atoms with Crippen molar-refractivity contribution in [2.24, 2.45) is 0 Å². The average Bonchev–Trinajstić information content (AvgIpc) is 2.49. The van der Waals surface area contributed by atoms with Gasteiger partial charge in [0.15, 0.2) is 22.5 Å². The first-order chi connectivity index (χ1) is 10.5. The van der Waals surface area contributed by atoms with E-state index in [-0.39, 0.29) is 6.42 Å². The molecule has 1 aromatic carbocycles. The standard InChI is InChI=1S/C17H21NO3S/c1-2-17(22(19,20)21)18-13-11-16(12-14-18)10-6-9-15-7-4-3-5-8-15/h3-5,7-8,11-14,17H,2,6,9-10H2,1H3. The van der Waals surface area contributed by atoms with Gasteiger partial charge in [-0.3, -0.25) is 0 Å². The Labute approximate surface area is 132 Å². The molecule has 0 aliphatic rings. The molecule has 5 heteroatoms. The molecule has 0 aliphatic carbocycles. The molecule has 0 fully saturated rings. The van der Waals surface area contributed by atoms with Crippen molar-refractivity contribution >= 4 is 10.1 Å². The summed E-state index contributed by atoms with van der Waals surface area (Å²) >= 11 is 0. The zero-order valence-corrected chi connectivity index (χ0v) is 13.5. The zero-order valence-electron chi connectivity index (χ0n) is 12.7. The maximum Gasteiger partial charge on any atom is 0.245 e. The molecule has 1 aromatic heterocycles. The fourth-order valence-electron chi connectivity index (χ4n) is 2.53. The van der Waals surface area contributed by atoms with E-state index in [0.29, 0.717) is 0 Å². The fourth-order valence-corrected chi connectivity index (χ4v) is 3.38. The van der Waals surface area contributed by atoms with Gasteiger partial charge >= 0.3 is 0 Å². The molecule has 0 saturated carbocycles. The lowest BCUT2D eigenvalue weighted by Gasteiger charge is -2.14. The normalized spacial score (nSPS) is 13.0. The fraction of sp³-hybridized carbons (Fsp3) is 0.353. The van der Waals surface area contributed by atoms with Gasteiger partial charge in [-0.15, -0.1) is 0 Å². The van der Waals surface area contributed by atoms with Crippen LogP contribution in [0.1, 0.15) is 36.3 Å². The largest absolute Gasteiger partial charge is 0.743 e. The van der Waals surface area contributed by atoms with Crippen LogP contribution in [0.4, 0.5) is 0 Å². The number of pyridine rings is 1. The van der Waals surface area contributed by atoms with Crippen LogP contribution in [0.3, 0.4) is 0 Å². The number of hydrogen-bond donors (Lipinski definition) is 0. The zero-order chi connectivity index (χ0) is 16.0. The van der Waals surface area contributed by atoms with Crippen molar-refractivity contribution in [1.29, 1.82) is 0 Å². The van der Waals surface area contributed by atoms with Crippen LogP contribution in [0.2, 0.25) is 0 Å². The van der Waals surface area contributed by atoms with E-state index >= 15 is 0 Å². The van der Waals surface area contributed by atoms with Crippen molar-refractivity contribution < 1.29 is 17.5 Å². The summed E-state index contributed by atoms with van der Waals surface area (Å²) in [7, 11) is -4.32. The Bertz CT molecular complexity index is 682. The molecule has 118 valence electrons. The van der Waals surface area contributed by atoms with Gasteiger partial charge in [0.05, 0.1) is 0 Å². The van der Waals surface area contributed by atoms with Crippen molar-refractivity contribution in [1.82, 2.24) is 0 Å². The summed E-state index contributed by atoms with van der Waals surface area (Å²) in [6.45, 7) is 1.70. The molecular weight excluding hydrogens is 298 g/mol. The summed E-state index contributed by atoms with van der Waals surface area (Å²) in [6.07, 6.45) is 6.61. The third-order valence-electron chi connectivity index (χ3n) is 3.71. The quantitative estimate of drug-likeness (QED) is 0.582. The minimum Gasteiger partial charge on any atom is -0.743 e. The predicted octanol–water partition coefficient (Wildman–Crippen LogP) is 2.60. The molecule has 0 radical (unpaired) electrons. The molecule has 1 heterocycles. The molecule has 4 nitrogen and oxygen atoms in total. The van der Waals surface area contributed by atoms with Gasteiger partial charge in [-0.1, -0.05) is 37.3 Å². The number of aromatic nitrogens is 1. The van der Waals surface area contributed by atoms with Crippen LogP contribution >= 0.6 is 0 Å². The first-order valence-electron chi connectivity index (χ1n) is 7.49. The number of rotatable bonds is 7. The van der Waals surface area contributed by atoms with E-state index in [4.69, 9.17) is 0 Å². The molecular formula is C17H21NO3S. The molecule has 22 heavy (non-hydrogen) atoms. The molecule has 2 aromatic rings. The Morgan fingerprint density at radius 1 is 1.00 bits per heavy atom. The van der Waals surface area contributed by atoms with Crippen LogP contribution in [0.15, 0.2) is 54.9 Å². The smallest absolute Gasteiger partial charge is 0.245 e. The minimum absolute atomic E-state index is 0.268. The van der Waals surface area contributed by atoms with Gasteiger partial charge in [0.1, 0.15) is 0 Å². The van der Waals surface area contributed by atoms with E-state index in [1.807, 2.05) is 30.3 Å². The van der Waals surface area contributed by atoms with E-state index in [1.165, 1.54) is 10.1 Å². The summed E-state index contributed by atoms with van der Waals surface area (Å²) in [4.78, 5) is 0. The molecule has 1 atom stereocenters. The third-order valence-corrected chi connectivity index (χ3v) is 4.95. The topological polar surface area (TPSA) is 61.1 Å². The van der Waals surface area contributed by atoms with Gasteiger partial charge in [0.2, 0.25) is 5.37 Å². The van der Waals surface area contributed by atoms with Crippen molar-refractivity contribution in [2.75, 3.05) is 0 Å². The second-order valence-electron chi connectivity index (χ2n) is 5.35. The lowest BCUT2D eigenvalue weighted by molar-refractivity contribution is -0.702. The Hall–Kier alpha value is -1.72. The Balaban J connectivity index is 1.94. The van der Waals surface area contributed by atoms with Crippen LogP contribution in [0, 0.1) is 0 Å².